The van der Waals surface area contributed by atoms with Gasteiger partial charge in [0.1, 0.15) is 0 Å². The van der Waals surface area contributed by atoms with Crippen molar-refractivity contribution in [2.75, 3.05) is 13.7 Å². The zero-order valence-corrected chi connectivity index (χ0v) is 14.7. The van der Waals surface area contributed by atoms with Crippen molar-refractivity contribution in [1.82, 2.24) is 5.32 Å². The molecule has 0 saturated heterocycles. The molecule has 1 unspecified atom stereocenters. The minimum Gasteiger partial charge on any atom is -0.385 e. The summed E-state index contributed by atoms with van der Waals surface area (Å²) >= 11 is 9.14. The lowest BCUT2D eigenvalue weighted by molar-refractivity contribution is 0.0929. The molecule has 1 aromatic rings. The standard InChI is InChI=1S/C12H16BrClN2O4S/c1-7(3-4-20-2)16-12(17)9-5-8(21(15,18)19)6-10(13)11(9)14/h5-7H,3-4H2,1-2H3,(H,16,17)(H2,15,18,19). The Morgan fingerprint density at radius 2 is 2.14 bits per heavy atom. The number of carbonyl (C=O) groups is 1. The average Bonchev–Trinajstić information content (AvgIpc) is 2.37. The molecular weight excluding hydrogens is 384 g/mol. The van der Waals surface area contributed by atoms with Gasteiger partial charge >= 0.3 is 0 Å². The molecule has 9 heteroatoms. The van der Waals surface area contributed by atoms with Gasteiger partial charge in [0, 0.05) is 24.2 Å². The molecule has 3 N–H and O–H groups in total. The third-order valence-corrected chi connectivity index (χ3v) is 4.86. The minimum absolute atomic E-state index is 0.0410. The van der Waals surface area contributed by atoms with Crippen LogP contribution >= 0.6 is 27.5 Å². The Balaban J connectivity index is 3.06. The topological polar surface area (TPSA) is 98.5 Å². The van der Waals surface area contributed by atoms with Gasteiger partial charge in [-0.25, -0.2) is 13.6 Å². The van der Waals surface area contributed by atoms with Crippen LogP contribution in [0.4, 0.5) is 0 Å². The van der Waals surface area contributed by atoms with Gasteiger partial charge in [-0.2, -0.15) is 0 Å². The molecule has 1 amide bonds. The van der Waals surface area contributed by atoms with E-state index in [9.17, 15) is 13.2 Å². The lowest BCUT2D eigenvalue weighted by Crippen LogP contribution is -2.33. The number of hydrogen-bond donors (Lipinski definition) is 2. The molecule has 0 saturated carbocycles. The lowest BCUT2D eigenvalue weighted by Gasteiger charge is -2.15. The van der Waals surface area contributed by atoms with Gasteiger partial charge in [-0.15, -0.1) is 0 Å². The second kappa shape index (κ2) is 7.55. The van der Waals surface area contributed by atoms with E-state index in [4.69, 9.17) is 21.5 Å². The highest BCUT2D eigenvalue weighted by atomic mass is 79.9. The highest BCUT2D eigenvalue weighted by Crippen LogP contribution is 2.29. The van der Waals surface area contributed by atoms with E-state index in [1.165, 1.54) is 6.07 Å². The molecule has 1 rings (SSSR count). The van der Waals surface area contributed by atoms with Gasteiger partial charge < -0.3 is 10.1 Å². The second-order valence-electron chi connectivity index (χ2n) is 4.47. The van der Waals surface area contributed by atoms with Crippen LogP contribution in [0.25, 0.3) is 0 Å². The summed E-state index contributed by atoms with van der Waals surface area (Å²) in [5, 5.41) is 7.91. The fourth-order valence-corrected chi connectivity index (χ4v) is 2.93. The van der Waals surface area contributed by atoms with E-state index in [0.29, 0.717) is 13.0 Å². The van der Waals surface area contributed by atoms with E-state index in [2.05, 4.69) is 21.2 Å². The van der Waals surface area contributed by atoms with Crippen LogP contribution in [0.3, 0.4) is 0 Å². The first-order chi connectivity index (χ1) is 9.66. The number of methoxy groups -OCH3 is 1. The zero-order valence-electron chi connectivity index (χ0n) is 11.5. The van der Waals surface area contributed by atoms with Crippen LogP contribution in [0, 0.1) is 0 Å². The molecule has 0 radical (unpaired) electrons. The molecule has 1 aromatic carbocycles. The summed E-state index contributed by atoms with van der Waals surface area (Å²) < 4.78 is 28.0. The Hall–Kier alpha value is -0.670. The van der Waals surface area contributed by atoms with Crippen LogP contribution in [0.5, 0.6) is 0 Å². The van der Waals surface area contributed by atoms with Gasteiger partial charge in [0.05, 0.1) is 15.5 Å². The van der Waals surface area contributed by atoms with E-state index in [1.807, 2.05) is 6.92 Å². The van der Waals surface area contributed by atoms with Crippen molar-refractivity contribution in [2.45, 2.75) is 24.3 Å². The van der Waals surface area contributed by atoms with Crippen LogP contribution in [0.2, 0.25) is 5.02 Å². The van der Waals surface area contributed by atoms with Crippen LogP contribution < -0.4 is 10.5 Å². The largest absolute Gasteiger partial charge is 0.385 e. The van der Waals surface area contributed by atoms with Gasteiger partial charge in [0.25, 0.3) is 5.91 Å². The van der Waals surface area contributed by atoms with Crippen molar-refractivity contribution in [2.24, 2.45) is 5.14 Å². The molecule has 0 aliphatic heterocycles. The molecule has 0 aromatic heterocycles. The summed E-state index contributed by atoms with van der Waals surface area (Å²) in [6, 6.07) is 2.26. The van der Waals surface area contributed by atoms with Gasteiger partial charge in [0.2, 0.25) is 10.0 Å². The maximum absolute atomic E-state index is 12.2. The molecule has 0 aliphatic rings. The van der Waals surface area contributed by atoms with Crippen LogP contribution in [0.1, 0.15) is 23.7 Å². The number of halogens is 2. The van der Waals surface area contributed by atoms with E-state index in [0.717, 1.165) is 6.07 Å². The van der Waals surface area contributed by atoms with Gasteiger partial charge in [-0.1, -0.05) is 11.6 Å². The number of primary sulfonamides is 1. The van der Waals surface area contributed by atoms with Crippen LogP contribution in [-0.4, -0.2) is 34.1 Å². The smallest absolute Gasteiger partial charge is 0.253 e. The van der Waals surface area contributed by atoms with E-state index in [-0.39, 0.29) is 26.0 Å². The molecule has 21 heavy (non-hydrogen) atoms. The third kappa shape index (κ3) is 5.23. The highest BCUT2D eigenvalue weighted by Gasteiger charge is 2.19. The van der Waals surface area contributed by atoms with Crippen molar-refractivity contribution < 1.29 is 17.9 Å². The molecule has 0 bridgehead atoms. The van der Waals surface area contributed by atoms with E-state index >= 15 is 0 Å². The van der Waals surface area contributed by atoms with Crippen molar-refractivity contribution in [1.29, 1.82) is 0 Å². The van der Waals surface area contributed by atoms with Crippen LogP contribution in [-0.2, 0) is 14.8 Å². The van der Waals surface area contributed by atoms with Gasteiger partial charge in [0.15, 0.2) is 0 Å². The lowest BCUT2D eigenvalue weighted by atomic mass is 10.2. The van der Waals surface area contributed by atoms with Crippen molar-refractivity contribution in [3.8, 4) is 0 Å². The Morgan fingerprint density at radius 3 is 2.67 bits per heavy atom. The minimum atomic E-state index is -3.93. The number of carbonyl (C=O) groups excluding carboxylic acids is 1. The van der Waals surface area contributed by atoms with Crippen molar-refractivity contribution >= 4 is 43.5 Å². The maximum Gasteiger partial charge on any atom is 0.253 e. The molecule has 118 valence electrons. The molecule has 6 nitrogen and oxygen atoms in total. The highest BCUT2D eigenvalue weighted by molar-refractivity contribution is 9.10. The summed E-state index contributed by atoms with van der Waals surface area (Å²) in [7, 11) is -2.36. The Labute approximate surface area is 137 Å². The Kier molecular flexibility index (Phi) is 6.61. The fourth-order valence-electron chi connectivity index (χ4n) is 1.56. The predicted octanol–water partition coefficient (Wildman–Crippen LogP) is 1.90. The predicted molar refractivity (Wildman–Crippen MR) is 83.9 cm³/mol. The number of nitrogens with two attached hydrogens (primary N) is 1. The Bertz CT molecular complexity index is 636. The molecular formula is C12H16BrClN2O4S. The van der Waals surface area contributed by atoms with Gasteiger partial charge in [-0.3, -0.25) is 4.79 Å². The molecule has 0 spiro atoms. The summed E-state index contributed by atoms with van der Waals surface area (Å²) in [5.74, 6) is -0.477. The SMILES string of the molecule is COCCC(C)NC(=O)c1cc(S(N)(=O)=O)cc(Br)c1Cl. The number of nitrogens with one attached hydrogen (secondary N) is 1. The fraction of sp³-hybridized carbons (Fsp3) is 0.417. The first kappa shape index (κ1) is 18.4. The number of benzene rings is 1. The number of ether oxygens (including phenoxy) is 1. The second-order valence-corrected chi connectivity index (χ2v) is 7.26. The molecule has 0 aliphatic carbocycles. The Morgan fingerprint density at radius 1 is 1.52 bits per heavy atom. The number of amides is 1. The molecule has 0 fully saturated rings. The number of sulfonamides is 1. The molecule has 1 atom stereocenters. The van der Waals surface area contributed by atoms with E-state index in [1.54, 1.807) is 7.11 Å². The normalized spacial score (nSPS) is 13.0. The van der Waals surface area contributed by atoms with Crippen molar-refractivity contribution in [3.63, 3.8) is 0 Å². The summed E-state index contributed by atoms with van der Waals surface area (Å²) in [4.78, 5) is 12.0. The maximum atomic E-state index is 12.2. The van der Waals surface area contributed by atoms with Gasteiger partial charge in [-0.05, 0) is 41.4 Å². The number of rotatable bonds is 6. The zero-order chi connectivity index (χ0) is 16.2. The van der Waals surface area contributed by atoms with E-state index < -0.39 is 15.9 Å². The monoisotopic (exact) mass is 398 g/mol. The van der Waals surface area contributed by atoms with Crippen LogP contribution in [0.15, 0.2) is 21.5 Å². The molecule has 0 heterocycles. The third-order valence-electron chi connectivity index (χ3n) is 2.71. The first-order valence-electron chi connectivity index (χ1n) is 5.98. The quantitative estimate of drug-likeness (QED) is 0.763. The summed E-state index contributed by atoms with van der Waals surface area (Å²) in [6.07, 6.45) is 0.621. The number of hydrogen-bond acceptors (Lipinski definition) is 4. The first-order valence-corrected chi connectivity index (χ1v) is 8.70. The van der Waals surface area contributed by atoms with Crippen molar-refractivity contribution in [3.05, 3.63) is 27.2 Å². The summed E-state index contributed by atoms with van der Waals surface area (Å²) in [5.41, 5.74) is 0.0410. The average molecular weight is 400 g/mol. The summed E-state index contributed by atoms with van der Waals surface area (Å²) in [6.45, 7) is 2.31.